The average molecular weight is 346 g/mol. The van der Waals surface area contributed by atoms with Gasteiger partial charge in [0.2, 0.25) is 0 Å². The van der Waals surface area contributed by atoms with E-state index in [9.17, 15) is 5.11 Å². The van der Waals surface area contributed by atoms with Crippen LogP contribution in [0.15, 0.2) is 28.7 Å². The third kappa shape index (κ3) is 8.53. The number of β-amino-alcohol motifs (C(OH)–C–C–N with tert-alkyl or cyclic N) is 1. The molecule has 0 saturated heterocycles. The van der Waals surface area contributed by atoms with E-state index < -0.39 is 6.10 Å². The Morgan fingerprint density at radius 3 is 2.45 bits per heavy atom. The molecule has 0 heterocycles. The van der Waals surface area contributed by atoms with Crippen LogP contribution in [0, 0.1) is 0 Å². The molecule has 1 aromatic rings. The van der Waals surface area contributed by atoms with Gasteiger partial charge < -0.3 is 19.9 Å². The zero-order chi connectivity index (χ0) is 15.0. The fourth-order valence-corrected chi connectivity index (χ4v) is 1.72. The maximum Gasteiger partial charge on any atom is 0.119 e. The number of hydrogen-bond donors (Lipinski definition) is 2. The summed E-state index contributed by atoms with van der Waals surface area (Å²) in [7, 11) is 0. The summed E-state index contributed by atoms with van der Waals surface area (Å²) >= 11 is 3.37. The van der Waals surface area contributed by atoms with Gasteiger partial charge >= 0.3 is 0 Å². The largest absolute Gasteiger partial charge is 0.491 e. The molecule has 0 spiro atoms. The minimum atomic E-state index is -0.498. The molecular formula is C15H24BrNO3. The lowest BCUT2D eigenvalue weighted by Gasteiger charge is -2.22. The summed E-state index contributed by atoms with van der Waals surface area (Å²) in [4.78, 5) is 0. The summed E-state index contributed by atoms with van der Waals surface area (Å²) in [6.07, 6.45) is -0.498. The van der Waals surface area contributed by atoms with Gasteiger partial charge in [0.1, 0.15) is 12.4 Å². The van der Waals surface area contributed by atoms with E-state index in [0.29, 0.717) is 26.4 Å². The fraction of sp³-hybridized carbons (Fsp3) is 0.600. The molecule has 0 bridgehead atoms. The van der Waals surface area contributed by atoms with Crippen molar-refractivity contribution in [1.29, 1.82) is 0 Å². The first-order valence-corrected chi connectivity index (χ1v) is 7.55. The molecule has 0 aliphatic carbocycles. The lowest BCUT2D eigenvalue weighted by Crippen LogP contribution is -2.42. The molecule has 4 nitrogen and oxygen atoms in total. The predicted octanol–water partition coefficient (Wildman–Crippen LogP) is 2.59. The standard InChI is InChI=1S/C15H24BrNO3/c1-15(2,3)17-10-13(18)11-19-8-9-20-14-6-4-12(16)5-7-14/h4-7,13,17-18H,8-11H2,1-3H3/t13-/m1/s1. The summed E-state index contributed by atoms with van der Waals surface area (Å²) in [5, 5.41) is 13.0. The summed E-state index contributed by atoms with van der Waals surface area (Å²) < 4.78 is 11.9. The maximum absolute atomic E-state index is 9.73. The lowest BCUT2D eigenvalue weighted by atomic mass is 10.1. The minimum absolute atomic E-state index is 0.00563. The van der Waals surface area contributed by atoms with Crippen molar-refractivity contribution < 1.29 is 14.6 Å². The van der Waals surface area contributed by atoms with Crippen molar-refractivity contribution in [2.24, 2.45) is 0 Å². The van der Waals surface area contributed by atoms with E-state index in [2.05, 4.69) is 42.0 Å². The topological polar surface area (TPSA) is 50.7 Å². The Labute approximate surface area is 129 Å². The van der Waals surface area contributed by atoms with Crippen LogP contribution in [0.4, 0.5) is 0 Å². The molecule has 0 aliphatic heterocycles. The molecule has 0 aromatic heterocycles. The summed E-state index contributed by atoms with van der Waals surface area (Å²) in [5.74, 6) is 0.812. The first-order valence-electron chi connectivity index (χ1n) is 6.76. The third-order valence-corrected chi connectivity index (χ3v) is 3.02. The number of nitrogens with one attached hydrogen (secondary N) is 1. The van der Waals surface area contributed by atoms with Crippen molar-refractivity contribution in [3.05, 3.63) is 28.7 Å². The molecule has 5 heteroatoms. The Morgan fingerprint density at radius 2 is 1.85 bits per heavy atom. The maximum atomic E-state index is 9.73. The van der Waals surface area contributed by atoms with Crippen LogP contribution >= 0.6 is 15.9 Å². The van der Waals surface area contributed by atoms with E-state index in [1.807, 2.05) is 24.3 Å². The number of benzene rings is 1. The van der Waals surface area contributed by atoms with Gasteiger partial charge in [-0.25, -0.2) is 0 Å². The average Bonchev–Trinajstić information content (AvgIpc) is 2.37. The Balaban J connectivity index is 2.05. The molecule has 1 atom stereocenters. The zero-order valence-electron chi connectivity index (χ0n) is 12.4. The minimum Gasteiger partial charge on any atom is -0.491 e. The molecule has 20 heavy (non-hydrogen) atoms. The highest BCUT2D eigenvalue weighted by molar-refractivity contribution is 9.10. The van der Waals surface area contributed by atoms with Crippen molar-refractivity contribution in [2.45, 2.75) is 32.4 Å². The monoisotopic (exact) mass is 345 g/mol. The first kappa shape index (κ1) is 17.4. The van der Waals surface area contributed by atoms with E-state index in [4.69, 9.17) is 9.47 Å². The quantitative estimate of drug-likeness (QED) is 0.711. The van der Waals surface area contributed by atoms with Gasteiger partial charge in [0.15, 0.2) is 0 Å². The van der Waals surface area contributed by atoms with Gasteiger partial charge in [-0.1, -0.05) is 15.9 Å². The van der Waals surface area contributed by atoms with Gasteiger partial charge in [-0.3, -0.25) is 0 Å². The van der Waals surface area contributed by atoms with Crippen LogP contribution in [0.25, 0.3) is 0 Å². The van der Waals surface area contributed by atoms with Crippen molar-refractivity contribution in [1.82, 2.24) is 5.32 Å². The molecule has 0 fully saturated rings. The molecule has 2 N–H and O–H groups in total. The van der Waals surface area contributed by atoms with Gasteiger partial charge in [0, 0.05) is 16.6 Å². The van der Waals surface area contributed by atoms with Gasteiger partial charge in [0.05, 0.1) is 19.3 Å². The second-order valence-corrected chi connectivity index (χ2v) is 6.58. The highest BCUT2D eigenvalue weighted by atomic mass is 79.9. The van der Waals surface area contributed by atoms with Crippen LogP contribution in [-0.4, -0.2) is 43.1 Å². The van der Waals surface area contributed by atoms with E-state index >= 15 is 0 Å². The molecule has 1 rings (SSSR count). The second-order valence-electron chi connectivity index (χ2n) is 5.66. The molecule has 1 aromatic carbocycles. The Kier molecular flexibility index (Phi) is 7.51. The van der Waals surface area contributed by atoms with Crippen LogP contribution in [0.1, 0.15) is 20.8 Å². The SMILES string of the molecule is CC(C)(C)NC[C@@H](O)COCCOc1ccc(Br)cc1. The Morgan fingerprint density at radius 1 is 1.20 bits per heavy atom. The van der Waals surface area contributed by atoms with Crippen molar-refractivity contribution >= 4 is 15.9 Å². The van der Waals surface area contributed by atoms with E-state index in [-0.39, 0.29) is 5.54 Å². The predicted molar refractivity (Wildman–Crippen MR) is 84.2 cm³/mol. The van der Waals surface area contributed by atoms with Crippen molar-refractivity contribution in [3.63, 3.8) is 0 Å². The summed E-state index contributed by atoms with van der Waals surface area (Å²) in [5.41, 5.74) is 0.00563. The number of aliphatic hydroxyl groups is 1. The Bertz CT molecular complexity index is 376. The van der Waals surface area contributed by atoms with Gasteiger partial charge in [-0.05, 0) is 45.0 Å². The molecule has 0 aliphatic rings. The number of halogens is 1. The van der Waals surface area contributed by atoms with Crippen LogP contribution in [-0.2, 0) is 4.74 Å². The molecule has 0 radical (unpaired) electrons. The first-order chi connectivity index (χ1) is 9.37. The highest BCUT2D eigenvalue weighted by Gasteiger charge is 2.11. The number of ether oxygens (including phenoxy) is 2. The van der Waals surface area contributed by atoms with Crippen LogP contribution in [0.5, 0.6) is 5.75 Å². The molecule has 0 unspecified atom stereocenters. The van der Waals surface area contributed by atoms with Crippen molar-refractivity contribution in [2.75, 3.05) is 26.4 Å². The molecule has 114 valence electrons. The molecular weight excluding hydrogens is 322 g/mol. The van der Waals surface area contributed by atoms with Crippen molar-refractivity contribution in [3.8, 4) is 5.75 Å². The second kappa shape index (κ2) is 8.62. The van der Waals surface area contributed by atoms with E-state index in [1.54, 1.807) is 0 Å². The van der Waals surface area contributed by atoms with Gasteiger partial charge in [-0.2, -0.15) is 0 Å². The fourth-order valence-electron chi connectivity index (χ4n) is 1.45. The third-order valence-electron chi connectivity index (χ3n) is 2.49. The van der Waals surface area contributed by atoms with Crippen LogP contribution in [0.2, 0.25) is 0 Å². The lowest BCUT2D eigenvalue weighted by molar-refractivity contribution is 0.0227. The van der Waals surface area contributed by atoms with E-state index in [1.165, 1.54) is 0 Å². The normalized spacial score (nSPS) is 13.2. The van der Waals surface area contributed by atoms with E-state index in [0.717, 1.165) is 10.2 Å². The molecule has 0 saturated carbocycles. The van der Waals surface area contributed by atoms with Gasteiger partial charge in [0.25, 0.3) is 0 Å². The highest BCUT2D eigenvalue weighted by Crippen LogP contribution is 2.15. The number of rotatable bonds is 8. The molecule has 0 amide bonds. The Hall–Kier alpha value is -0.620. The van der Waals surface area contributed by atoms with Crippen LogP contribution in [0.3, 0.4) is 0 Å². The zero-order valence-corrected chi connectivity index (χ0v) is 13.9. The van der Waals surface area contributed by atoms with Crippen LogP contribution < -0.4 is 10.1 Å². The summed E-state index contributed by atoms with van der Waals surface area (Å²) in [6.45, 7) is 7.96. The summed E-state index contributed by atoms with van der Waals surface area (Å²) in [6, 6.07) is 7.65. The number of aliphatic hydroxyl groups excluding tert-OH is 1. The van der Waals surface area contributed by atoms with Gasteiger partial charge in [-0.15, -0.1) is 0 Å². The smallest absolute Gasteiger partial charge is 0.119 e. The number of hydrogen-bond acceptors (Lipinski definition) is 4.